The summed E-state index contributed by atoms with van der Waals surface area (Å²) < 4.78 is 5.43. The molecule has 0 unspecified atom stereocenters. The number of benzene rings is 3. The van der Waals surface area contributed by atoms with E-state index in [4.69, 9.17) is 4.74 Å². The molecule has 0 bridgehead atoms. The summed E-state index contributed by atoms with van der Waals surface area (Å²) in [5.74, 6) is 0.920. The van der Waals surface area contributed by atoms with E-state index >= 15 is 0 Å². The van der Waals surface area contributed by atoms with Gasteiger partial charge >= 0.3 is 0 Å². The molecule has 1 N–H and O–H groups in total. The van der Waals surface area contributed by atoms with Gasteiger partial charge in [0.15, 0.2) is 0 Å². The normalized spacial score (nSPS) is 14.0. The molecule has 0 aromatic heterocycles. The largest absolute Gasteiger partial charge is 0.496 e. The lowest BCUT2D eigenvalue weighted by molar-refractivity contribution is 0.410. The molecule has 29 heavy (non-hydrogen) atoms. The molecule has 1 saturated heterocycles. The smallest absolute Gasteiger partial charge is 0.123 e. The molecule has 1 fully saturated rings. The molecular formula is C25H29N3O. The van der Waals surface area contributed by atoms with Crippen LogP contribution in [0.2, 0.25) is 0 Å². The quantitative estimate of drug-likeness (QED) is 0.648. The predicted molar refractivity (Wildman–Crippen MR) is 122 cm³/mol. The van der Waals surface area contributed by atoms with E-state index in [-0.39, 0.29) is 0 Å². The highest BCUT2D eigenvalue weighted by atomic mass is 16.5. The highest BCUT2D eigenvalue weighted by molar-refractivity contribution is 5.58. The van der Waals surface area contributed by atoms with E-state index in [9.17, 15) is 0 Å². The summed E-state index contributed by atoms with van der Waals surface area (Å²) in [6.45, 7) is 7.14. The zero-order chi connectivity index (χ0) is 20.1. The van der Waals surface area contributed by atoms with Crippen LogP contribution >= 0.6 is 0 Å². The van der Waals surface area contributed by atoms with Crippen LogP contribution in [0.25, 0.3) is 0 Å². The third kappa shape index (κ3) is 4.48. The lowest BCUT2D eigenvalue weighted by Gasteiger charge is -2.38. The number of nitrogens with one attached hydrogen (secondary N) is 1. The minimum atomic E-state index is 0.748. The Kier molecular flexibility index (Phi) is 5.89. The maximum Gasteiger partial charge on any atom is 0.123 e. The predicted octanol–water partition coefficient (Wildman–Crippen LogP) is 4.94. The van der Waals surface area contributed by atoms with Gasteiger partial charge in [0.2, 0.25) is 0 Å². The van der Waals surface area contributed by atoms with E-state index in [0.717, 1.165) is 49.7 Å². The summed E-state index contributed by atoms with van der Waals surface area (Å²) in [5, 5.41) is 3.49. The van der Waals surface area contributed by atoms with E-state index in [1.54, 1.807) is 7.11 Å². The van der Waals surface area contributed by atoms with Gasteiger partial charge in [-0.05, 0) is 48.9 Å². The summed E-state index contributed by atoms with van der Waals surface area (Å²) in [6.07, 6.45) is 0. The summed E-state index contributed by atoms with van der Waals surface area (Å²) in [6, 6.07) is 25.6. The molecule has 0 radical (unpaired) electrons. The van der Waals surface area contributed by atoms with Crippen LogP contribution in [0.1, 0.15) is 11.1 Å². The van der Waals surface area contributed by atoms with Crippen LogP contribution < -0.4 is 19.9 Å². The number of para-hydroxylation sites is 2. The van der Waals surface area contributed by atoms with Crippen LogP contribution in [-0.4, -0.2) is 33.3 Å². The Morgan fingerprint density at radius 3 is 2.17 bits per heavy atom. The number of hydrogen-bond donors (Lipinski definition) is 1. The maximum atomic E-state index is 5.43. The van der Waals surface area contributed by atoms with Gasteiger partial charge in [-0.15, -0.1) is 0 Å². The lowest BCUT2D eigenvalue weighted by atomic mass is 10.1. The van der Waals surface area contributed by atoms with Crippen molar-refractivity contribution in [3.63, 3.8) is 0 Å². The van der Waals surface area contributed by atoms with Crippen molar-refractivity contribution in [3.8, 4) is 5.75 Å². The Hall–Kier alpha value is -3.14. The molecule has 0 atom stereocenters. The number of methoxy groups -OCH3 is 1. The van der Waals surface area contributed by atoms with Gasteiger partial charge in [-0.2, -0.15) is 0 Å². The Morgan fingerprint density at radius 2 is 1.45 bits per heavy atom. The second-order valence-electron chi connectivity index (χ2n) is 7.47. The van der Waals surface area contributed by atoms with Gasteiger partial charge in [0.25, 0.3) is 0 Å². The third-order valence-electron chi connectivity index (χ3n) is 5.64. The standard InChI is InChI=1S/C25H29N3O/c1-20-7-3-5-9-24(20)28-17-15-27(16-18-28)23-13-11-22(12-14-23)26-19-21-8-4-6-10-25(21)29-2/h3-14,26H,15-19H2,1-2H3. The Bertz CT molecular complexity index is 931. The molecule has 4 heteroatoms. The van der Waals surface area contributed by atoms with Crippen molar-refractivity contribution in [1.29, 1.82) is 0 Å². The summed E-state index contributed by atoms with van der Waals surface area (Å²) >= 11 is 0. The van der Waals surface area contributed by atoms with Crippen molar-refractivity contribution in [3.05, 3.63) is 83.9 Å². The molecule has 3 aromatic carbocycles. The molecule has 3 aromatic rings. The second kappa shape index (κ2) is 8.91. The van der Waals surface area contributed by atoms with Crippen molar-refractivity contribution >= 4 is 17.1 Å². The third-order valence-corrected chi connectivity index (χ3v) is 5.64. The Morgan fingerprint density at radius 1 is 0.793 bits per heavy atom. The molecule has 0 saturated carbocycles. The fourth-order valence-electron chi connectivity index (χ4n) is 3.96. The van der Waals surface area contributed by atoms with Gasteiger partial charge in [-0.1, -0.05) is 36.4 Å². The summed E-state index contributed by atoms with van der Waals surface area (Å²) in [7, 11) is 1.71. The number of ether oxygens (including phenoxy) is 1. The zero-order valence-corrected chi connectivity index (χ0v) is 17.3. The van der Waals surface area contributed by atoms with Crippen molar-refractivity contribution < 1.29 is 4.74 Å². The van der Waals surface area contributed by atoms with Gasteiger partial charge in [0.05, 0.1) is 7.11 Å². The minimum absolute atomic E-state index is 0.748. The molecular weight excluding hydrogens is 358 g/mol. The fourth-order valence-corrected chi connectivity index (χ4v) is 3.96. The number of hydrogen-bond acceptors (Lipinski definition) is 4. The molecule has 4 nitrogen and oxygen atoms in total. The van der Waals surface area contributed by atoms with Crippen molar-refractivity contribution in [2.24, 2.45) is 0 Å². The van der Waals surface area contributed by atoms with Crippen LogP contribution in [0.3, 0.4) is 0 Å². The van der Waals surface area contributed by atoms with Gasteiger partial charge in [0, 0.05) is 55.3 Å². The zero-order valence-electron chi connectivity index (χ0n) is 17.3. The van der Waals surface area contributed by atoms with Crippen LogP contribution in [-0.2, 0) is 6.54 Å². The number of aryl methyl sites for hydroxylation is 1. The molecule has 1 aliphatic heterocycles. The topological polar surface area (TPSA) is 27.7 Å². The number of nitrogens with zero attached hydrogens (tertiary/aromatic N) is 2. The first kappa shape index (κ1) is 19.2. The van der Waals surface area contributed by atoms with Crippen molar-refractivity contribution in [2.45, 2.75) is 13.5 Å². The van der Waals surface area contributed by atoms with E-state index < -0.39 is 0 Å². The minimum Gasteiger partial charge on any atom is -0.496 e. The van der Waals surface area contributed by atoms with Gasteiger partial charge in [-0.25, -0.2) is 0 Å². The van der Waals surface area contributed by atoms with Crippen LogP contribution in [0.5, 0.6) is 5.75 Å². The Labute approximate surface area is 173 Å². The molecule has 1 heterocycles. The van der Waals surface area contributed by atoms with E-state index in [1.165, 1.54) is 16.9 Å². The number of piperazine rings is 1. The number of anilines is 3. The molecule has 0 amide bonds. The lowest BCUT2D eigenvalue weighted by Crippen LogP contribution is -2.46. The van der Waals surface area contributed by atoms with E-state index in [2.05, 4.69) is 76.6 Å². The van der Waals surface area contributed by atoms with Crippen molar-refractivity contribution in [2.75, 3.05) is 48.4 Å². The Balaban J connectivity index is 1.33. The van der Waals surface area contributed by atoms with Gasteiger partial charge in [0.1, 0.15) is 5.75 Å². The first-order valence-electron chi connectivity index (χ1n) is 10.3. The molecule has 150 valence electrons. The van der Waals surface area contributed by atoms with Gasteiger partial charge in [-0.3, -0.25) is 0 Å². The van der Waals surface area contributed by atoms with Crippen LogP contribution in [0.4, 0.5) is 17.1 Å². The SMILES string of the molecule is COc1ccccc1CNc1ccc(N2CCN(c3ccccc3C)CC2)cc1. The number of rotatable bonds is 6. The monoisotopic (exact) mass is 387 g/mol. The summed E-state index contributed by atoms with van der Waals surface area (Å²) in [4.78, 5) is 4.97. The molecule has 4 rings (SSSR count). The first-order chi connectivity index (χ1) is 14.2. The molecule has 0 aliphatic carbocycles. The van der Waals surface area contributed by atoms with Crippen LogP contribution in [0, 0.1) is 6.92 Å². The van der Waals surface area contributed by atoms with Crippen molar-refractivity contribution in [1.82, 2.24) is 0 Å². The first-order valence-corrected chi connectivity index (χ1v) is 10.3. The average Bonchev–Trinajstić information content (AvgIpc) is 2.79. The molecule has 1 aliphatic rings. The molecule has 0 spiro atoms. The summed E-state index contributed by atoms with van der Waals surface area (Å²) in [5.41, 5.74) is 6.29. The van der Waals surface area contributed by atoms with Gasteiger partial charge < -0.3 is 19.9 Å². The maximum absolute atomic E-state index is 5.43. The highest BCUT2D eigenvalue weighted by Crippen LogP contribution is 2.25. The highest BCUT2D eigenvalue weighted by Gasteiger charge is 2.18. The van der Waals surface area contributed by atoms with Crippen LogP contribution in [0.15, 0.2) is 72.8 Å². The van der Waals surface area contributed by atoms with E-state index in [0.29, 0.717) is 0 Å². The van der Waals surface area contributed by atoms with E-state index in [1.807, 2.05) is 18.2 Å². The second-order valence-corrected chi connectivity index (χ2v) is 7.47. The average molecular weight is 388 g/mol. The fraction of sp³-hybridized carbons (Fsp3) is 0.280.